The molecule has 0 radical (unpaired) electrons. The van der Waals surface area contributed by atoms with Gasteiger partial charge in [0.15, 0.2) is 0 Å². The Labute approximate surface area is 138 Å². The minimum atomic E-state index is -0.527. The molecule has 5 nitrogen and oxygen atoms in total. The van der Waals surface area contributed by atoms with Gasteiger partial charge in [0.2, 0.25) is 0 Å². The van der Waals surface area contributed by atoms with Gasteiger partial charge in [0.05, 0.1) is 6.61 Å². The van der Waals surface area contributed by atoms with E-state index in [9.17, 15) is 5.11 Å². The molecule has 1 fully saturated rings. The number of hydrogen-bond acceptors (Lipinski definition) is 5. The first-order valence-electron chi connectivity index (χ1n) is 8.61. The molecule has 5 heteroatoms. The van der Waals surface area contributed by atoms with Gasteiger partial charge in [-0.25, -0.2) is 0 Å². The van der Waals surface area contributed by atoms with Crippen molar-refractivity contribution in [1.82, 2.24) is 4.90 Å². The fourth-order valence-corrected chi connectivity index (χ4v) is 3.09. The average Bonchev–Trinajstić information content (AvgIpc) is 2.57. The monoisotopic (exact) mass is 323 g/mol. The summed E-state index contributed by atoms with van der Waals surface area (Å²) in [7, 11) is 0. The molecule has 1 aliphatic heterocycles. The molecule has 0 spiro atoms. The average molecular weight is 323 g/mol. The lowest BCUT2D eigenvalue weighted by atomic mass is 9.99. The molecular weight excluding hydrogens is 294 g/mol. The molecule has 1 saturated heterocycles. The molecule has 1 aromatic carbocycles. The van der Waals surface area contributed by atoms with Gasteiger partial charge in [0.25, 0.3) is 0 Å². The summed E-state index contributed by atoms with van der Waals surface area (Å²) in [4.78, 5) is 2.28. The molecule has 130 valence electrons. The van der Waals surface area contributed by atoms with Crippen LogP contribution in [0.2, 0.25) is 0 Å². The Balaban J connectivity index is 1.76. The van der Waals surface area contributed by atoms with Gasteiger partial charge >= 0.3 is 0 Å². The molecule has 0 aromatic heterocycles. The van der Waals surface area contributed by atoms with Crippen LogP contribution in [0.1, 0.15) is 32.6 Å². The minimum absolute atomic E-state index is 0.208. The topological polar surface area (TPSA) is 62.2 Å². The summed E-state index contributed by atoms with van der Waals surface area (Å²) in [5.74, 6) is 1.55. The Morgan fingerprint density at radius 3 is 2.52 bits per heavy atom. The number of piperidine rings is 1. The molecule has 1 aromatic rings. The Morgan fingerprint density at radius 1 is 1.17 bits per heavy atom. The highest BCUT2D eigenvalue weighted by Gasteiger charge is 2.24. The SMILES string of the molecule is CCOc1ccc(OC[C@H](O)CN2CCCC[C@@H]2CCO)cc1. The van der Waals surface area contributed by atoms with Gasteiger partial charge in [-0.1, -0.05) is 6.42 Å². The number of likely N-dealkylation sites (tertiary alicyclic amines) is 1. The maximum absolute atomic E-state index is 10.2. The zero-order valence-corrected chi connectivity index (χ0v) is 14.0. The zero-order valence-electron chi connectivity index (χ0n) is 14.0. The van der Waals surface area contributed by atoms with E-state index in [1.54, 1.807) is 0 Å². The second kappa shape index (κ2) is 9.75. The van der Waals surface area contributed by atoms with Crippen molar-refractivity contribution < 1.29 is 19.7 Å². The second-order valence-corrected chi connectivity index (χ2v) is 6.03. The maximum atomic E-state index is 10.2. The van der Waals surface area contributed by atoms with E-state index >= 15 is 0 Å². The quantitative estimate of drug-likeness (QED) is 0.728. The predicted molar refractivity (Wildman–Crippen MR) is 90.0 cm³/mol. The number of aliphatic hydroxyl groups excluding tert-OH is 2. The molecule has 2 N–H and O–H groups in total. The first-order valence-corrected chi connectivity index (χ1v) is 8.61. The first kappa shape index (κ1) is 18.0. The number of β-amino-alcohol motifs (C(OH)–C–C–N with tert-alkyl or cyclic N) is 1. The molecule has 1 heterocycles. The van der Waals surface area contributed by atoms with Gasteiger partial charge in [-0.15, -0.1) is 0 Å². The lowest BCUT2D eigenvalue weighted by Crippen LogP contribution is -2.45. The summed E-state index contributed by atoms with van der Waals surface area (Å²) >= 11 is 0. The number of nitrogens with zero attached hydrogens (tertiary/aromatic N) is 1. The molecule has 0 amide bonds. The Morgan fingerprint density at radius 2 is 1.87 bits per heavy atom. The van der Waals surface area contributed by atoms with Crippen molar-refractivity contribution in [3.63, 3.8) is 0 Å². The highest BCUT2D eigenvalue weighted by Crippen LogP contribution is 2.20. The fraction of sp³-hybridized carbons (Fsp3) is 0.667. The van der Waals surface area contributed by atoms with Crippen LogP contribution in [0.4, 0.5) is 0 Å². The van der Waals surface area contributed by atoms with Crippen molar-refractivity contribution in [3.05, 3.63) is 24.3 Å². The zero-order chi connectivity index (χ0) is 16.5. The molecule has 2 atom stereocenters. The van der Waals surface area contributed by atoms with E-state index in [0.29, 0.717) is 19.2 Å². The van der Waals surface area contributed by atoms with Crippen LogP contribution in [0.5, 0.6) is 11.5 Å². The summed E-state index contributed by atoms with van der Waals surface area (Å²) in [5.41, 5.74) is 0. The lowest BCUT2D eigenvalue weighted by molar-refractivity contribution is 0.0332. The highest BCUT2D eigenvalue weighted by atomic mass is 16.5. The van der Waals surface area contributed by atoms with E-state index in [4.69, 9.17) is 14.6 Å². The molecule has 0 unspecified atom stereocenters. The Hall–Kier alpha value is -1.30. The van der Waals surface area contributed by atoms with Gasteiger partial charge in [0, 0.05) is 19.2 Å². The van der Waals surface area contributed by atoms with Crippen LogP contribution in [0.15, 0.2) is 24.3 Å². The van der Waals surface area contributed by atoms with Crippen molar-refractivity contribution in [2.75, 3.05) is 32.9 Å². The van der Waals surface area contributed by atoms with E-state index in [2.05, 4.69) is 4.90 Å². The summed E-state index contributed by atoms with van der Waals surface area (Å²) in [6.07, 6.45) is 3.73. The number of benzene rings is 1. The predicted octanol–water partition coefficient (Wildman–Crippen LogP) is 2.06. The highest BCUT2D eigenvalue weighted by molar-refractivity contribution is 5.31. The molecule has 0 saturated carbocycles. The summed E-state index contributed by atoms with van der Waals surface area (Å²) in [5, 5.41) is 19.4. The van der Waals surface area contributed by atoms with Crippen molar-refractivity contribution in [2.45, 2.75) is 44.8 Å². The van der Waals surface area contributed by atoms with E-state index in [-0.39, 0.29) is 13.2 Å². The van der Waals surface area contributed by atoms with E-state index in [1.807, 2.05) is 31.2 Å². The number of aliphatic hydroxyl groups is 2. The molecule has 1 aliphatic rings. The van der Waals surface area contributed by atoms with Crippen LogP contribution in [0, 0.1) is 0 Å². The van der Waals surface area contributed by atoms with Crippen LogP contribution in [0.25, 0.3) is 0 Å². The van der Waals surface area contributed by atoms with E-state index in [1.165, 1.54) is 6.42 Å². The van der Waals surface area contributed by atoms with Crippen LogP contribution >= 0.6 is 0 Å². The molecule has 0 aliphatic carbocycles. The smallest absolute Gasteiger partial charge is 0.119 e. The lowest BCUT2D eigenvalue weighted by Gasteiger charge is -2.36. The van der Waals surface area contributed by atoms with Crippen LogP contribution in [-0.4, -0.2) is 60.2 Å². The molecule has 23 heavy (non-hydrogen) atoms. The molecular formula is C18H29NO4. The van der Waals surface area contributed by atoms with Gasteiger partial charge in [-0.05, 0) is 57.0 Å². The van der Waals surface area contributed by atoms with Crippen LogP contribution in [0.3, 0.4) is 0 Å². The van der Waals surface area contributed by atoms with E-state index in [0.717, 1.165) is 37.3 Å². The van der Waals surface area contributed by atoms with Gasteiger partial charge in [-0.3, -0.25) is 4.90 Å². The van der Waals surface area contributed by atoms with Crippen molar-refractivity contribution in [1.29, 1.82) is 0 Å². The molecule has 0 bridgehead atoms. The van der Waals surface area contributed by atoms with E-state index < -0.39 is 6.10 Å². The second-order valence-electron chi connectivity index (χ2n) is 6.03. The Bertz CT molecular complexity index is 435. The van der Waals surface area contributed by atoms with Gasteiger partial charge in [-0.2, -0.15) is 0 Å². The minimum Gasteiger partial charge on any atom is -0.494 e. The summed E-state index contributed by atoms with van der Waals surface area (Å²) in [6, 6.07) is 7.83. The first-order chi connectivity index (χ1) is 11.2. The van der Waals surface area contributed by atoms with Crippen LogP contribution < -0.4 is 9.47 Å². The van der Waals surface area contributed by atoms with Crippen molar-refractivity contribution >= 4 is 0 Å². The summed E-state index contributed by atoms with van der Waals surface area (Å²) < 4.78 is 11.0. The normalized spacial score (nSPS) is 20.2. The fourth-order valence-electron chi connectivity index (χ4n) is 3.09. The third-order valence-electron chi connectivity index (χ3n) is 4.23. The summed E-state index contributed by atoms with van der Waals surface area (Å²) in [6.45, 7) is 4.66. The number of hydrogen-bond donors (Lipinski definition) is 2. The maximum Gasteiger partial charge on any atom is 0.119 e. The Kier molecular flexibility index (Phi) is 7.65. The largest absolute Gasteiger partial charge is 0.494 e. The van der Waals surface area contributed by atoms with Gasteiger partial charge < -0.3 is 19.7 Å². The molecule has 2 rings (SSSR count). The standard InChI is InChI=1S/C18H29NO4/c1-2-22-17-6-8-18(9-7-17)23-14-16(21)13-19-11-4-3-5-15(19)10-12-20/h6-9,15-16,20-21H,2-5,10-14H2,1H3/t15-,16-/m1/s1. The third-order valence-corrected chi connectivity index (χ3v) is 4.23. The third kappa shape index (κ3) is 6.01. The van der Waals surface area contributed by atoms with Crippen LogP contribution in [-0.2, 0) is 0 Å². The van der Waals surface area contributed by atoms with Gasteiger partial charge in [0.1, 0.15) is 24.2 Å². The number of rotatable bonds is 9. The van der Waals surface area contributed by atoms with Crippen molar-refractivity contribution in [3.8, 4) is 11.5 Å². The number of ether oxygens (including phenoxy) is 2. The van der Waals surface area contributed by atoms with Crippen molar-refractivity contribution in [2.24, 2.45) is 0 Å².